The average molecular weight is 238 g/mol. The highest BCUT2D eigenvalue weighted by atomic mass is 16.2. The van der Waals surface area contributed by atoms with Crippen LogP contribution in [0.2, 0.25) is 0 Å². The molecule has 2 aliphatic carbocycles. The number of carbonyl (C=O) groups excluding carboxylic acids is 1. The summed E-state index contributed by atoms with van der Waals surface area (Å²) in [5, 5.41) is 0. The summed E-state index contributed by atoms with van der Waals surface area (Å²) < 4.78 is 0. The summed E-state index contributed by atoms with van der Waals surface area (Å²) in [5.74, 6) is 1.54. The molecule has 3 heteroatoms. The van der Waals surface area contributed by atoms with Gasteiger partial charge < -0.3 is 10.6 Å². The molecule has 2 atom stereocenters. The Morgan fingerprint density at radius 1 is 1.18 bits per heavy atom. The summed E-state index contributed by atoms with van der Waals surface area (Å²) in [6, 6.07) is 0.411. The molecule has 3 nitrogen and oxygen atoms in total. The van der Waals surface area contributed by atoms with Crippen LogP contribution >= 0.6 is 0 Å². The molecule has 2 unspecified atom stereocenters. The van der Waals surface area contributed by atoms with Crippen LogP contribution < -0.4 is 5.73 Å². The van der Waals surface area contributed by atoms with Crippen molar-refractivity contribution in [1.82, 2.24) is 4.90 Å². The maximum Gasteiger partial charge on any atom is 0.222 e. The van der Waals surface area contributed by atoms with E-state index >= 15 is 0 Å². The molecule has 0 aromatic carbocycles. The Labute approximate surface area is 105 Å². The maximum atomic E-state index is 12.2. The van der Waals surface area contributed by atoms with Gasteiger partial charge in [-0.15, -0.1) is 0 Å². The predicted octanol–water partition coefficient (Wildman–Crippen LogP) is 2.15. The average Bonchev–Trinajstić information content (AvgIpc) is 2.97. The lowest BCUT2D eigenvalue weighted by atomic mass is 9.99. The summed E-state index contributed by atoms with van der Waals surface area (Å²) in [4.78, 5) is 14.2. The van der Waals surface area contributed by atoms with Gasteiger partial charge in [0.1, 0.15) is 0 Å². The molecule has 0 heterocycles. The van der Waals surface area contributed by atoms with Gasteiger partial charge in [-0.25, -0.2) is 0 Å². The Hall–Kier alpha value is -0.570. The van der Waals surface area contributed by atoms with Gasteiger partial charge >= 0.3 is 0 Å². The zero-order valence-corrected chi connectivity index (χ0v) is 11.0. The highest BCUT2D eigenvalue weighted by molar-refractivity contribution is 5.76. The molecular formula is C14H26N2O. The molecular weight excluding hydrogens is 212 g/mol. The highest BCUT2D eigenvalue weighted by Crippen LogP contribution is 2.31. The summed E-state index contributed by atoms with van der Waals surface area (Å²) in [6.45, 7) is 0.728. The van der Waals surface area contributed by atoms with Crippen molar-refractivity contribution in [3.05, 3.63) is 0 Å². The van der Waals surface area contributed by atoms with E-state index in [1.54, 1.807) is 0 Å². The van der Waals surface area contributed by atoms with Crippen LogP contribution in [-0.4, -0.2) is 30.4 Å². The minimum absolute atomic E-state index is 0.349. The molecule has 17 heavy (non-hydrogen) atoms. The molecule has 0 radical (unpaired) electrons. The van der Waals surface area contributed by atoms with Gasteiger partial charge in [0.05, 0.1) is 0 Å². The Bertz CT molecular complexity index is 261. The summed E-state index contributed by atoms with van der Waals surface area (Å²) in [5.41, 5.74) is 5.79. The molecule has 0 aliphatic heterocycles. The predicted molar refractivity (Wildman–Crippen MR) is 69.5 cm³/mol. The SMILES string of the molecule is CN(C(=O)CC1CCCC1)C1CCCC1CN. The first-order chi connectivity index (χ1) is 8.22. The molecule has 2 N–H and O–H groups in total. The van der Waals surface area contributed by atoms with Gasteiger partial charge in [-0.1, -0.05) is 19.3 Å². The fourth-order valence-electron chi connectivity index (χ4n) is 3.59. The van der Waals surface area contributed by atoms with Crippen LogP contribution in [-0.2, 0) is 4.79 Å². The third-order valence-electron chi connectivity index (χ3n) is 4.75. The van der Waals surface area contributed by atoms with E-state index < -0.39 is 0 Å². The van der Waals surface area contributed by atoms with E-state index in [1.165, 1.54) is 38.5 Å². The van der Waals surface area contributed by atoms with E-state index in [9.17, 15) is 4.79 Å². The van der Waals surface area contributed by atoms with Crippen LogP contribution in [0.1, 0.15) is 51.4 Å². The molecule has 0 bridgehead atoms. The zero-order chi connectivity index (χ0) is 12.3. The molecule has 0 aromatic rings. The van der Waals surface area contributed by atoms with E-state index in [0.29, 0.717) is 23.8 Å². The Kier molecular flexibility index (Phi) is 4.43. The van der Waals surface area contributed by atoms with Gasteiger partial charge in [-0.05, 0) is 44.1 Å². The summed E-state index contributed by atoms with van der Waals surface area (Å²) >= 11 is 0. The summed E-state index contributed by atoms with van der Waals surface area (Å²) in [7, 11) is 1.98. The second-order valence-electron chi connectivity index (χ2n) is 5.85. The van der Waals surface area contributed by atoms with Crippen molar-refractivity contribution in [2.24, 2.45) is 17.6 Å². The lowest BCUT2D eigenvalue weighted by molar-refractivity contribution is -0.133. The number of rotatable bonds is 4. The number of amides is 1. The van der Waals surface area contributed by atoms with Crippen molar-refractivity contribution in [3.63, 3.8) is 0 Å². The van der Waals surface area contributed by atoms with Gasteiger partial charge in [0.25, 0.3) is 0 Å². The third kappa shape index (κ3) is 3.01. The van der Waals surface area contributed by atoms with Crippen LogP contribution in [0.3, 0.4) is 0 Å². The molecule has 0 spiro atoms. The van der Waals surface area contributed by atoms with Crippen molar-refractivity contribution in [2.45, 2.75) is 57.4 Å². The molecule has 2 saturated carbocycles. The first kappa shape index (κ1) is 12.9. The Morgan fingerprint density at radius 2 is 1.88 bits per heavy atom. The first-order valence-corrected chi connectivity index (χ1v) is 7.18. The Morgan fingerprint density at radius 3 is 2.53 bits per heavy atom. The van der Waals surface area contributed by atoms with Crippen LogP contribution in [0.25, 0.3) is 0 Å². The second-order valence-corrected chi connectivity index (χ2v) is 5.85. The van der Waals surface area contributed by atoms with Gasteiger partial charge in [-0.3, -0.25) is 4.79 Å². The molecule has 2 aliphatic rings. The minimum atomic E-state index is 0.349. The number of nitrogens with zero attached hydrogens (tertiary/aromatic N) is 1. The van der Waals surface area contributed by atoms with E-state index in [0.717, 1.165) is 19.4 Å². The van der Waals surface area contributed by atoms with Crippen molar-refractivity contribution < 1.29 is 4.79 Å². The molecule has 98 valence electrons. The maximum absolute atomic E-state index is 12.2. The third-order valence-corrected chi connectivity index (χ3v) is 4.75. The molecule has 0 aromatic heterocycles. The monoisotopic (exact) mass is 238 g/mol. The van der Waals surface area contributed by atoms with Crippen molar-refractivity contribution in [3.8, 4) is 0 Å². The van der Waals surface area contributed by atoms with E-state index in [1.807, 2.05) is 11.9 Å². The van der Waals surface area contributed by atoms with Gasteiger partial charge in [0.2, 0.25) is 5.91 Å². The van der Waals surface area contributed by atoms with Gasteiger partial charge in [0, 0.05) is 19.5 Å². The van der Waals surface area contributed by atoms with Crippen LogP contribution in [0.4, 0.5) is 0 Å². The minimum Gasteiger partial charge on any atom is -0.342 e. The van der Waals surface area contributed by atoms with Crippen LogP contribution in [0.15, 0.2) is 0 Å². The number of hydrogen-bond donors (Lipinski definition) is 1. The van der Waals surface area contributed by atoms with E-state index in [-0.39, 0.29) is 0 Å². The quantitative estimate of drug-likeness (QED) is 0.815. The van der Waals surface area contributed by atoms with Crippen molar-refractivity contribution in [2.75, 3.05) is 13.6 Å². The highest BCUT2D eigenvalue weighted by Gasteiger charge is 2.32. The lowest BCUT2D eigenvalue weighted by Gasteiger charge is -2.30. The number of carbonyl (C=O) groups is 1. The van der Waals surface area contributed by atoms with Crippen LogP contribution in [0.5, 0.6) is 0 Å². The fraction of sp³-hybridized carbons (Fsp3) is 0.929. The summed E-state index contributed by atoms with van der Waals surface area (Å²) in [6.07, 6.45) is 9.48. The van der Waals surface area contributed by atoms with Crippen molar-refractivity contribution in [1.29, 1.82) is 0 Å². The number of nitrogens with two attached hydrogens (primary N) is 1. The number of hydrogen-bond acceptors (Lipinski definition) is 2. The van der Waals surface area contributed by atoms with Crippen LogP contribution in [0, 0.1) is 11.8 Å². The topological polar surface area (TPSA) is 46.3 Å². The standard InChI is InChI=1S/C14H26N2O/c1-16(13-8-4-7-12(13)10-15)14(17)9-11-5-2-3-6-11/h11-13H,2-10,15H2,1H3. The molecule has 0 saturated heterocycles. The normalized spacial score (nSPS) is 29.8. The van der Waals surface area contributed by atoms with Gasteiger partial charge in [-0.2, -0.15) is 0 Å². The second kappa shape index (κ2) is 5.85. The Balaban J connectivity index is 1.85. The fourth-order valence-corrected chi connectivity index (χ4v) is 3.59. The molecule has 2 fully saturated rings. The first-order valence-electron chi connectivity index (χ1n) is 7.18. The van der Waals surface area contributed by atoms with Gasteiger partial charge in [0.15, 0.2) is 0 Å². The largest absolute Gasteiger partial charge is 0.342 e. The smallest absolute Gasteiger partial charge is 0.222 e. The van der Waals surface area contributed by atoms with E-state index in [2.05, 4.69) is 0 Å². The zero-order valence-electron chi connectivity index (χ0n) is 11.0. The van der Waals surface area contributed by atoms with Crippen molar-refractivity contribution >= 4 is 5.91 Å². The lowest BCUT2D eigenvalue weighted by Crippen LogP contribution is -2.41. The molecule has 2 rings (SSSR count). The van der Waals surface area contributed by atoms with E-state index in [4.69, 9.17) is 5.73 Å². The molecule has 1 amide bonds.